The van der Waals surface area contributed by atoms with E-state index in [0.717, 1.165) is 19.3 Å². The minimum Gasteiger partial charge on any atom is -0.365 e. The molecule has 14 heavy (non-hydrogen) atoms. The van der Waals surface area contributed by atoms with E-state index in [1.807, 2.05) is 0 Å². The van der Waals surface area contributed by atoms with Gasteiger partial charge in [0, 0.05) is 20.5 Å². The molecule has 0 aromatic rings. The molecule has 0 unspecified atom stereocenters. The van der Waals surface area contributed by atoms with E-state index in [2.05, 4.69) is 11.3 Å². The summed E-state index contributed by atoms with van der Waals surface area (Å²) in [6.07, 6.45) is 3.74. The Bertz CT molecular complexity index is 283. The molecule has 0 aliphatic carbocycles. The van der Waals surface area contributed by atoms with Gasteiger partial charge < -0.3 is 4.90 Å². The first-order valence-corrected chi connectivity index (χ1v) is 6.16. The monoisotopic (exact) mass is 221 g/mol. The molecule has 2 N–H and O–H groups in total. The smallest absolute Gasteiger partial charge is 0.318 e. The molecule has 0 aromatic carbocycles. The normalized spacial score (nSPS) is 13.0. The van der Waals surface area contributed by atoms with Gasteiger partial charge in [-0.05, 0) is 6.42 Å². The predicted molar refractivity (Wildman–Crippen MR) is 58.4 cm³/mol. The maximum Gasteiger partial charge on any atom is 0.318 e. The fraction of sp³-hybridized carbons (Fsp3) is 0.875. The predicted octanol–water partition coefficient (Wildman–Crippen LogP) is 0.730. The van der Waals surface area contributed by atoms with Gasteiger partial charge in [-0.3, -0.25) is 0 Å². The van der Waals surface area contributed by atoms with Crippen LogP contribution < -0.4 is 5.14 Å². The van der Waals surface area contributed by atoms with E-state index < -0.39 is 10.2 Å². The van der Waals surface area contributed by atoms with Crippen molar-refractivity contribution in [3.05, 3.63) is 0 Å². The third-order valence-corrected chi connectivity index (χ3v) is 2.22. The standard InChI is InChI=1S/C8H19N3O2S/c1-4-5-6-7-8(11(2)3)10-14(9,12)13/h4-7H2,1-3H3,(H2,9,12,13). The lowest BCUT2D eigenvalue weighted by molar-refractivity contribution is 0.580. The van der Waals surface area contributed by atoms with Crippen LogP contribution in [0.1, 0.15) is 32.6 Å². The fourth-order valence-corrected chi connectivity index (χ4v) is 1.58. The van der Waals surface area contributed by atoms with Gasteiger partial charge in [0.05, 0.1) is 0 Å². The molecule has 0 rings (SSSR count). The number of amidine groups is 1. The van der Waals surface area contributed by atoms with E-state index >= 15 is 0 Å². The Hall–Kier alpha value is -0.620. The van der Waals surface area contributed by atoms with E-state index in [-0.39, 0.29) is 0 Å². The highest BCUT2D eigenvalue weighted by Crippen LogP contribution is 2.03. The molecule has 0 amide bonds. The third kappa shape index (κ3) is 6.85. The van der Waals surface area contributed by atoms with E-state index in [1.54, 1.807) is 19.0 Å². The maximum atomic E-state index is 10.7. The van der Waals surface area contributed by atoms with Crippen LogP contribution in [0.5, 0.6) is 0 Å². The van der Waals surface area contributed by atoms with Crippen LogP contribution in [0.15, 0.2) is 4.40 Å². The first kappa shape index (κ1) is 13.4. The summed E-state index contributed by atoms with van der Waals surface area (Å²) in [5, 5.41) is 4.84. The molecular weight excluding hydrogens is 202 g/mol. The van der Waals surface area contributed by atoms with Gasteiger partial charge in [-0.1, -0.05) is 19.8 Å². The Morgan fingerprint density at radius 1 is 1.36 bits per heavy atom. The number of hydrogen-bond acceptors (Lipinski definition) is 2. The van der Waals surface area contributed by atoms with Crippen molar-refractivity contribution in [2.75, 3.05) is 14.1 Å². The first-order chi connectivity index (χ1) is 6.37. The first-order valence-electron chi connectivity index (χ1n) is 4.65. The van der Waals surface area contributed by atoms with E-state index in [4.69, 9.17) is 5.14 Å². The van der Waals surface area contributed by atoms with Crippen LogP contribution in [0.25, 0.3) is 0 Å². The van der Waals surface area contributed by atoms with Crippen LogP contribution >= 0.6 is 0 Å². The summed E-state index contributed by atoms with van der Waals surface area (Å²) in [6, 6.07) is 0. The average molecular weight is 221 g/mol. The molecule has 0 fully saturated rings. The van der Waals surface area contributed by atoms with Crippen molar-refractivity contribution in [1.29, 1.82) is 0 Å². The molecule has 6 heteroatoms. The zero-order chi connectivity index (χ0) is 11.2. The topological polar surface area (TPSA) is 75.8 Å². The van der Waals surface area contributed by atoms with Crippen LogP contribution in [-0.2, 0) is 10.2 Å². The number of nitrogens with two attached hydrogens (primary N) is 1. The maximum absolute atomic E-state index is 10.7. The van der Waals surface area contributed by atoms with Gasteiger partial charge >= 0.3 is 10.2 Å². The highest BCUT2D eigenvalue weighted by atomic mass is 32.2. The molecule has 0 aliphatic heterocycles. The van der Waals surface area contributed by atoms with Crippen LogP contribution in [0, 0.1) is 0 Å². The second-order valence-electron chi connectivity index (χ2n) is 3.37. The van der Waals surface area contributed by atoms with Crippen molar-refractivity contribution in [2.24, 2.45) is 9.54 Å². The van der Waals surface area contributed by atoms with Crippen LogP contribution in [0.3, 0.4) is 0 Å². The lowest BCUT2D eigenvalue weighted by atomic mass is 10.2. The van der Waals surface area contributed by atoms with Crippen molar-refractivity contribution in [3.8, 4) is 0 Å². The average Bonchev–Trinajstić information content (AvgIpc) is 2.00. The van der Waals surface area contributed by atoms with Gasteiger partial charge in [0.2, 0.25) is 0 Å². The molecule has 0 aliphatic rings. The molecule has 0 bridgehead atoms. The minimum absolute atomic E-state index is 0.515. The number of hydrogen-bond donors (Lipinski definition) is 1. The number of rotatable bonds is 5. The second kappa shape index (κ2) is 5.98. The lowest BCUT2D eigenvalue weighted by Crippen LogP contribution is -2.25. The van der Waals surface area contributed by atoms with Crippen molar-refractivity contribution >= 4 is 16.0 Å². The van der Waals surface area contributed by atoms with Crippen LogP contribution in [0.2, 0.25) is 0 Å². The largest absolute Gasteiger partial charge is 0.365 e. The molecule has 0 heterocycles. The zero-order valence-corrected chi connectivity index (χ0v) is 9.84. The SMILES string of the molecule is CCCCCC(=NS(N)(=O)=O)N(C)C. The molecular formula is C8H19N3O2S. The quantitative estimate of drug-likeness (QED) is 0.422. The zero-order valence-electron chi connectivity index (χ0n) is 9.02. The molecule has 0 radical (unpaired) electrons. The van der Waals surface area contributed by atoms with Crippen LogP contribution in [-0.4, -0.2) is 33.2 Å². The summed E-state index contributed by atoms with van der Waals surface area (Å²) in [4.78, 5) is 1.68. The van der Waals surface area contributed by atoms with Crippen molar-refractivity contribution < 1.29 is 8.42 Å². The van der Waals surface area contributed by atoms with Gasteiger partial charge in [0.15, 0.2) is 0 Å². The fourth-order valence-electron chi connectivity index (χ4n) is 1.03. The molecule has 84 valence electrons. The number of nitrogens with zero attached hydrogens (tertiary/aromatic N) is 2. The Morgan fingerprint density at radius 3 is 2.29 bits per heavy atom. The molecule has 0 aromatic heterocycles. The Balaban J connectivity index is 4.39. The summed E-state index contributed by atoms with van der Waals surface area (Å²) in [6.45, 7) is 2.09. The van der Waals surface area contributed by atoms with Gasteiger partial charge in [-0.15, -0.1) is 4.40 Å². The van der Waals surface area contributed by atoms with E-state index in [1.165, 1.54) is 0 Å². The summed E-state index contributed by atoms with van der Waals surface area (Å²) in [7, 11) is -0.239. The highest BCUT2D eigenvalue weighted by molar-refractivity contribution is 7.88. The minimum atomic E-state index is -3.76. The molecule has 0 spiro atoms. The van der Waals surface area contributed by atoms with E-state index in [0.29, 0.717) is 12.3 Å². The summed E-state index contributed by atoms with van der Waals surface area (Å²) in [5.41, 5.74) is 0. The Labute approximate surface area is 86.2 Å². The van der Waals surface area contributed by atoms with E-state index in [9.17, 15) is 8.42 Å². The van der Waals surface area contributed by atoms with Gasteiger partial charge in [-0.25, -0.2) is 5.14 Å². The molecule has 0 saturated carbocycles. The third-order valence-electron chi connectivity index (χ3n) is 1.75. The summed E-state index contributed by atoms with van der Waals surface area (Å²) >= 11 is 0. The molecule has 0 saturated heterocycles. The van der Waals surface area contributed by atoms with Crippen molar-refractivity contribution in [2.45, 2.75) is 32.6 Å². The summed E-state index contributed by atoms with van der Waals surface area (Å²) in [5.74, 6) is 0.515. The Morgan fingerprint density at radius 2 is 1.93 bits per heavy atom. The Kier molecular flexibility index (Phi) is 5.71. The van der Waals surface area contributed by atoms with Crippen molar-refractivity contribution in [3.63, 3.8) is 0 Å². The number of unbranched alkanes of at least 4 members (excludes halogenated alkanes) is 2. The van der Waals surface area contributed by atoms with Gasteiger partial charge in [0.1, 0.15) is 5.84 Å². The second-order valence-corrected chi connectivity index (χ2v) is 4.59. The molecule has 5 nitrogen and oxygen atoms in total. The van der Waals surface area contributed by atoms with Gasteiger partial charge in [-0.2, -0.15) is 8.42 Å². The van der Waals surface area contributed by atoms with Crippen molar-refractivity contribution in [1.82, 2.24) is 4.90 Å². The summed E-state index contributed by atoms with van der Waals surface area (Å²) < 4.78 is 25.0. The lowest BCUT2D eigenvalue weighted by Gasteiger charge is -2.14. The highest BCUT2D eigenvalue weighted by Gasteiger charge is 2.06. The van der Waals surface area contributed by atoms with Gasteiger partial charge in [0.25, 0.3) is 0 Å². The molecule has 0 atom stereocenters. The van der Waals surface area contributed by atoms with Crippen LogP contribution in [0.4, 0.5) is 0 Å².